The number of nitrogens with zero attached hydrogens (tertiary/aromatic N) is 2. The van der Waals surface area contributed by atoms with E-state index in [4.69, 9.17) is 23.1 Å². The zero-order valence-corrected chi connectivity index (χ0v) is 11.3. The molecule has 7 heteroatoms. The Labute approximate surface area is 113 Å². The molecular weight excluding hydrogens is 276 g/mol. The second-order valence-corrected chi connectivity index (χ2v) is 5.88. The van der Waals surface area contributed by atoms with Gasteiger partial charge < -0.3 is 11.5 Å². The van der Waals surface area contributed by atoms with Crippen molar-refractivity contribution in [2.75, 3.05) is 11.5 Å². The van der Waals surface area contributed by atoms with Crippen molar-refractivity contribution in [1.29, 1.82) is 0 Å². The standard InChI is InChI=1S/C10H11ClN4S2/c11-8-6(5-14-15-10(12)13)1-2-7-9(8)17-4-3-16-7/h1-2,5H,3-4H2,(H4,12,13,15). The quantitative estimate of drug-likeness (QED) is 0.496. The summed E-state index contributed by atoms with van der Waals surface area (Å²) in [5.74, 6) is 2.13. The smallest absolute Gasteiger partial charge is 0.211 e. The Morgan fingerprint density at radius 2 is 2.06 bits per heavy atom. The summed E-state index contributed by atoms with van der Waals surface area (Å²) in [5.41, 5.74) is 11.2. The number of hydrogen-bond donors (Lipinski definition) is 2. The van der Waals surface area contributed by atoms with Crippen molar-refractivity contribution < 1.29 is 0 Å². The molecule has 0 spiro atoms. The van der Waals surface area contributed by atoms with E-state index in [9.17, 15) is 0 Å². The molecule has 0 aromatic heterocycles. The van der Waals surface area contributed by atoms with Gasteiger partial charge in [0.2, 0.25) is 5.96 Å². The maximum atomic E-state index is 6.31. The van der Waals surface area contributed by atoms with Gasteiger partial charge in [-0.05, 0) is 6.07 Å². The SMILES string of the molecule is NC(N)=NN=Cc1ccc2c(c1Cl)SCCS2. The molecule has 17 heavy (non-hydrogen) atoms. The van der Waals surface area contributed by atoms with Crippen molar-refractivity contribution in [1.82, 2.24) is 0 Å². The molecule has 0 saturated carbocycles. The highest BCUT2D eigenvalue weighted by atomic mass is 35.5. The molecule has 0 radical (unpaired) electrons. The normalized spacial score (nSPS) is 14.6. The van der Waals surface area contributed by atoms with Gasteiger partial charge in [0.25, 0.3) is 0 Å². The number of guanidine groups is 1. The molecule has 0 aliphatic carbocycles. The van der Waals surface area contributed by atoms with Crippen molar-refractivity contribution in [2.24, 2.45) is 21.7 Å². The third kappa shape index (κ3) is 3.08. The average Bonchev–Trinajstić information content (AvgIpc) is 2.32. The minimum Gasteiger partial charge on any atom is -0.369 e. The van der Waals surface area contributed by atoms with Gasteiger partial charge in [0.15, 0.2) is 0 Å². The minimum absolute atomic E-state index is 0.0692. The Hall–Kier alpha value is -0.850. The first kappa shape index (κ1) is 12.6. The summed E-state index contributed by atoms with van der Waals surface area (Å²) in [4.78, 5) is 2.35. The van der Waals surface area contributed by atoms with E-state index in [0.29, 0.717) is 5.02 Å². The van der Waals surface area contributed by atoms with E-state index >= 15 is 0 Å². The molecule has 4 N–H and O–H groups in total. The summed E-state index contributed by atoms with van der Waals surface area (Å²) < 4.78 is 0. The van der Waals surface area contributed by atoms with Crippen molar-refractivity contribution >= 4 is 47.3 Å². The van der Waals surface area contributed by atoms with Gasteiger partial charge in [-0.3, -0.25) is 0 Å². The summed E-state index contributed by atoms with van der Waals surface area (Å²) in [5, 5.41) is 8.02. The van der Waals surface area contributed by atoms with Crippen LogP contribution in [0.2, 0.25) is 5.02 Å². The second kappa shape index (κ2) is 5.66. The molecule has 0 atom stereocenters. The molecule has 1 heterocycles. The highest BCUT2D eigenvalue weighted by molar-refractivity contribution is 8.05. The lowest BCUT2D eigenvalue weighted by Crippen LogP contribution is -2.21. The molecule has 0 fully saturated rings. The molecule has 0 saturated heterocycles. The maximum absolute atomic E-state index is 6.31. The zero-order valence-electron chi connectivity index (χ0n) is 8.89. The van der Waals surface area contributed by atoms with Crippen LogP contribution in [0.4, 0.5) is 0 Å². The van der Waals surface area contributed by atoms with E-state index < -0.39 is 0 Å². The van der Waals surface area contributed by atoms with Crippen LogP contribution in [0.5, 0.6) is 0 Å². The van der Waals surface area contributed by atoms with Gasteiger partial charge in [0, 0.05) is 26.9 Å². The molecular formula is C10H11ClN4S2. The van der Waals surface area contributed by atoms with Gasteiger partial charge in [-0.15, -0.1) is 28.6 Å². The molecule has 0 amide bonds. The van der Waals surface area contributed by atoms with Crippen LogP contribution in [-0.4, -0.2) is 23.7 Å². The lowest BCUT2D eigenvalue weighted by atomic mass is 10.2. The third-order valence-electron chi connectivity index (χ3n) is 2.05. The van der Waals surface area contributed by atoms with Crippen LogP contribution in [0.1, 0.15) is 5.56 Å². The lowest BCUT2D eigenvalue weighted by molar-refractivity contribution is 1.20. The largest absolute Gasteiger partial charge is 0.369 e. The number of benzene rings is 1. The van der Waals surface area contributed by atoms with E-state index in [1.807, 2.05) is 17.8 Å². The average molecular weight is 287 g/mol. The summed E-state index contributed by atoms with van der Waals surface area (Å²) in [6.07, 6.45) is 1.56. The molecule has 0 bridgehead atoms. The number of thioether (sulfide) groups is 2. The molecule has 1 aromatic carbocycles. The highest BCUT2D eigenvalue weighted by Gasteiger charge is 2.15. The van der Waals surface area contributed by atoms with Crippen molar-refractivity contribution in [3.63, 3.8) is 0 Å². The fraction of sp³-hybridized carbons (Fsp3) is 0.200. The van der Waals surface area contributed by atoms with E-state index in [1.54, 1.807) is 18.0 Å². The van der Waals surface area contributed by atoms with E-state index in [2.05, 4.69) is 16.3 Å². The predicted molar refractivity (Wildman–Crippen MR) is 76.3 cm³/mol. The molecule has 90 valence electrons. The summed E-state index contributed by atoms with van der Waals surface area (Å²) in [6.45, 7) is 0. The van der Waals surface area contributed by atoms with Crippen LogP contribution in [0.3, 0.4) is 0 Å². The first-order valence-electron chi connectivity index (χ1n) is 4.88. The Kier molecular flexibility index (Phi) is 4.20. The number of fused-ring (bicyclic) bond motifs is 1. The van der Waals surface area contributed by atoms with E-state index in [0.717, 1.165) is 22.0 Å². The first-order valence-corrected chi connectivity index (χ1v) is 7.23. The van der Waals surface area contributed by atoms with Crippen LogP contribution in [0.15, 0.2) is 32.1 Å². The fourth-order valence-electron chi connectivity index (χ4n) is 1.35. The zero-order chi connectivity index (χ0) is 12.3. The van der Waals surface area contributed by atoms with Crippen LogP contribution in [0, 0.1) is 0 Å². The molecule has 1 aromatic rings. The van der Waals surface area contributed by atoms with E-state index in [-0.39, 0.29) is 5.96 Å². The van der Waals surface area contributed by atoms with E-state index in [1.165, 1.54) is 4.90 Å². The first-order chi connectivity index (χ1) is 8.18. The van der Waals surface area contributed by atoms with Crippen molar-refractivity contribution in [3.05, 3.63) is 22.7 Å². The number of hydrogen-bond acceptors (Lipinski definition) is 4. The molecule has 2 rings (SSSR count). The van der Waals surface area contributed by atoms with Gasteiger partial charge in [0.05, 0.1) is 11.2 Å². The summed E-state index contributed by atoms with van der Waals surface area (Å²) >= 11 is 9.90. The predicted octanol–water partition coefficient (Wildman–Crippen LogP) is 2.15. The highest BCUT2D eigenvalue weighted by Crippen LogP contribution is 2.42. The molecule has 1 aliphatic rings. The van der Waals surface area contributed by atoms with Gasteiger partial charge in [-0.2, -0.15) is 5.10 Å². The van der Waals surface area contributed by atoms with Gasteiger partial charge in [-0.25, -0.2) is 0 Å². The second-order valence-electron chi connectivity index (χ2n) is 3.26. The Morgan fingerprint density at radius 3 is 2.82 bits per heavy atom. The Bertz CT molecular complexity index is 483. The Morgan fingerprint density at radius 1 is 1.29 bits per heavy atom. The monoisotopic (exact) mass is 286 g/mol. The topological polar surface area (TPSA) is 76.8 Å². The van der Waals surface area contributed by atoms with Gasteiger partial charge in [0.1, 0.15) is 0 Å². The van der Waals surface area contributed by atoms with Crippen molar-refractivity contribution in [2.45, 2.75) is 9.79 Å². The molecule has 0 unspecified atom stereocenters. The van der Waals surface area contributed by atoms with Crippen LogP contribution >= 0.6 is 35.1 Å². The molecule has 4 nitrogen and oxygen atoms in total. The fourth-order valence-corrected chi connectivity index (χ4v) is 4.08. The lowest BCUT2D eigenvalue weighted by Gasteiger charge is -2.16. The minimum atomic E-state index is -0.0692. The van der Waals surface area contributed by atoms with Crippen LogP contribution < -0.4 is 11.5 Å². The van der Waals surface area contributed by atoms with Gasteiger partial charge >= 0.3 is 0 Å². The summed E-state index contributed by atoms with van der Waals surface area (Å²) in [6, 6.07) is 3.97. The van der Waals surface area contributed by atoms with Crippen LogP contribution in [-0.2, 0) is 0 Å². The van der Waals surface area contributed by atoms with Crippen molar-refractivity contribution in [3.8, 4) is 0 Å². The summed E-state index contributed by atoms with van der Waals surface area (Å²) in [7, 11) is 0. The third-order valence-corrected chi connectivity index (χ3v) is 5.14. The maximum Gasteiger partial charge on any atom is 0.211 e. The number of halogens is 1. The number of rotatable bonds is 2. The molecule has 1 aliphatic heterocycles. The van der Waals surface area contributed by atoms with Gasteiger partial charge in [-0.1, -0.05) is 17.7 Å². The number of nitrogens with two attached hydrogens (primary N) is 2. The van der Waals surface area contributed by atoms with Crippen LogP contribution in [0.25, 0.3) is 0 Å². The Balaban J connectivity index is 2.30.